The Hall–Kier alpha value is -2.51. The molecule has 0 aliphatic rings. The second-order valence-electron chi connectivity index (χ2n) is 11.4. The highest BCUT2D eigenvalue weighted by atomic mass is 31.2. The van der Waals surface area contributed by atoms with Crippen molar-refractivity contribution in [3.8, 4) is 0 Å². The summed E-state index contributed by atoms with van der Waals surface area (Å²) in [4.78, 5) is 0. The van der Waals surface area contributed by atoms with Crippen LogP contribution >= 0.6 is 7.26 Å². The van der Waals surface area contributed by atoms with Crippen LogP contribution in [0.4, 0.5) is 0 Å². The fourth-order valence-electron chi connectivity index (χ4n) is 6.50. The Bertz CT molecular complexity index is 1190. The molecule has 0 amide bonds. The topological polar surface area (TPSA) is 9.23 Å². The molecule has 0 aliphatic carbocycles. The van der Waals surface area contributed by atoms with Gasteiger partial charge < -0.3 is 4.43 Å². The molecule has 4 rings (SSSR count). The van der Waals surface area contributed by atoms with Gasteiger partial charge in [0.1, 0.15) is 23.2 Å². The van der Waals surface area contributed by atoms with Gasteiger partial charge in [0.15, 0.2) is 0 Å². The largest absolute Gasteiger partial charge is 0.412 e. The smallest absolute Gasteiger partial charge is 0.200 e. The van der Waals surface area contributed by atoms with E-state index in [4.69, 9.17) is 4.43 Å². The Morgan fingerprint density at radius 1 is 0.500 bits per heavy atom. The molecule has 0 heterocycles. The second kappa shape index (κ2) is 12.6. The Morgan fingerprint density at radius 3 is 1.32 bits per heavy atom. The third-order valence-corrected chi connectivity index (χ3v) is 18.7. The summed E-state index contributed by atoms with van der Waals surface area (Å²) in [6.45, 7) is 14.8. The molecule has 4 aromatic carbocycles. The van der Waals surface area contributed by atoms with Gasteiger partial charge in [0.2, 0.25) is 8.32 Å². The van der Waals surface area contributed by atoms with Gasteiger partial charge in [-0.2, -0.15) is 0 Å². The first-order chi connectivity index (χ1) is 18.3. The van der Waals surface area contributed by atoms with Crippen molar-refractivity contribution in [3.05, 3.63) is 126 Å². The minimum atomic E-state index is -1.93. The fourth-order valence-corrected chi connectivity index (χ4v) is 16.1. The summed E-state index contributed by atoms with van der Waals surface area (Å²) in [5, 5.41) is 4.26. The lowest BCUT2D eigenvalue weighted by Gasteiger charge is -2.42. The van der Waals surface area contributed by atoms with Gasteiger partial charge in [0, 0.05) is 0 Å². The molecule has 3 heteroatoms. The maximum Gasteiger partial charge on any atom is 0.200 e. The Balaban J connectivity index is 1.77. The van der Waals surface area contributed by atoms with Gasteiger partial charge in [-0.05, 0) is 64.1 Å². The quantitative estimate of drug-likeness (QED) is 0.137. The summed E-state index contributed by atoms with van der Waals surface area (Å²) >= 11 is 0. The van der Waals surface area contributed by atoms with Gasteiger partial charge in [-0.1, -0.05) is 120 Å². The van der Waals surface area contributed by atoms with Crippen LogP contribution in [0.1, 0.15) is 52.7 Å². The summed E-state index contributed by atoms with van der Waals surface area (Å²) < 4.78 is 6.94. The zero-order chi connectivity index (χ0) is 27.2. The van der Waals surface area contributed by atoms with Crippen LogP contribution in [0.25, 0.3) is 0 Å². The van der Waals surface area contributed by atoms with Crippen LogP contribution < -0.4 is 15.9 Å². The molecule has 38 heavy (non-hydrogen) atoms. The lowest BCUT2D eigenvalue weighted by Crippen LogP contribution is -2.47. The van der Waals surface area contributed by atoms with E-state index < -0.39 is 15.6 Å². The van der Waals surface area contributed by atoms with Gasteiger partial charge >= 0.3 is 0 Å². The van der Waals surface area contributed by atoms with E-state index in [1.807, 2.05) is 0 Å². The summed E-state index contributed by atoms with van der Waals surface area (Å²) in [5.41, 5.74) is 4.40. The molecule has 198 valence electrons. The van der Waals surface area contributed by atoms with Crippen LogP contribution in [0.5, 0.6) is 0 Å². The molecule has 0 saturated heterocycles. The van der Waals surface area contributed by atoms with Crippen molar-refractivity contribution in [2.24, 2.45) is 0 Å². The van der Waals surface area contributed by atoms with E-state index in [2.05, 4.69) is 157 Å². The molecule has 0 unspecified atom stereocenters. The zero-order valence-corrected chi connectivity index (χ0v) is 25.9. The molecule has 0 spiro atoms. The number of benzene rings is 4. The van der Waals surface area contributed by atoms with Gasteiger partial charge in [0.25, 0.3) is 0 Å². The van der Waals surface area contributed by atoms with Crippen LogP contribution in [0, 0.1) is 0 Å². The molecular formula is C35H44OPSi+. The fraction of sp³-hybridized carbons (Fsp3) is 0.314. The summed E-state index contributed by atoms with van der Waals surface area (Å²) in [6, 6.07) is 42.7. The van der Waals surface area contributed by atoms with E-state index in [9.17, 15) is 0 Å². The lowest BCUT2D eigenvalue weighted by molar-refractivity contribution is 0.266. The van der Waals surface area contributed by atoms with E-state index in [1.165, 1.54) is 27.0 Å². The van der Waals surface area contributed by atoms with E-state index in [0.29, 0.717) is 23.2 Å². The third-order valence-electron chi connectivity index (χ3n) is 8.23. The standard InChI is InChI=1S/C35H44OPSi/c1-28(2)38(29(3)4,30(5)6)36-26-31-22-24-35(25-23-31)37(33-18-12-8-13-19-33,34-20-14-9-15-21-34)27-32-16-10-7-11-17-32/h7-25,28-30H,26-27H2,1-6H3/q+1. The van der Waals surface area contributed by atoms with Crippen molar-refractivity contribution < 1.29 is 4.43 Å². The number of hydrogen-bond acceptors (Lipinski definition) is 1. The van der Waals surface area contributed by atoms with Gasteiger partial charge in [-0.3, -0.25) is 0 Å². The monoisotopic (exact) mass is 539 g/mol. The van der Waals surface area contributed by atoms with Crippen molar-refractivity contribution in [1.29, 1.82) is 0 Å². The highest BCUT2D eigenvalue weighted by molar-refractivity contribution is 7.95. The van der Waals surface area contributed by atoms with Gasteiger partial charge in [-0.15, -0.1) is 0 Å². The van der Waals surface area contributed by atoms with Crippen LogP contribution in [0.2, 0.25) is 16.6 Å². The van der Waals surface area contributed by atoms with Crippen LogP contribution in [0.15, 0.2) is 115 Å². The normalized spacial score (nSPS) is 12.4. The lowest BCUT2D eigenvalue weighted by atomic mass is 10.2. The van der Waals surface area contributed by atoms with Crippen molar-refractivity contribution in [3.63, 3.8) is 0 Å². The molecule has 0 N–H and O–H groups in total. The Kier molecular flexibility index (Phi) is 9.42. The molecule has 1 nitrogen and oxygen atoms in total. The van der Waals surface area contributed by atoms with E-state index in [1.54, 1.807) is 0 Å². The van der Waals surface area contributed by atoms with E-state index in [-0.39, 0.29) is 0 Å². The second-order valence-corrected chi connectivity index (χ2v) is 20.3. The first-order valence-corrected chi connectivity index (χ1v) is 18.2. The molecule has 0 aromatic heterocycles. The molecular weight excluding hydrogens is 495 g/mol. The van der Waals surface area contributed by atoms with Crippen LogP contribution in [-0.4, -0.2) is 8.32 Å². The Labute approximate surface area is 232 Å². The van der Waals surface area contributed by atoms with Crippen LogP contribution in [-0.2, 0) is 17.2 Å². The molecule has 0 aliphatic heterocycles. The molecule has 4 aromatic rings. The summed E-state index contributed by atoms with van der Waals surface area (Å²) in [6.07, 6.45) is 1.00. The van der Waals surface area contributed by atoms with Crippen molar-refractivity contribution in [2.45, 2.75) is 70.9 Å². The summed E-state index contributed by atoms with van der Waals surface area (Å²) in [7, 11) is -3.84. The first kappa shape index (κ1) is 28.5. The average molecular weight is 540 g/mol. The van der Waals surface area contributed by atoms with E-state index in [0.717, 1.165) is 6.16 Å². The minimum absolute atomic E-state index is 0.586. The van der Waals surface area contributed by atoms with Crippen molar-refractivity contribution in [1.82, 2.24) is 0 Å². The molecule has 0 saturated carbocycles. The highest BCUT2D eigenvalue weighted by Gasteiger charge is 2.46. The first-order valence-electron chi connectivity index (χ1n) is 14.1. The third kappa shape index (κ3) is 5.74. The molecule has 0 radical (unpaired) electrons. The van der Waals surface area contributed by atoms with E-state index >= 15 is 0 Å². The van der Waals surface area contributed by atoms with Crippen molar-refractivity contribution >= 4 is 31.5 Å². The predicted molar refractivity (Wildman–Crippen MR) is 171 cm³/mol. The average Bonchev–Trinajstić information content (AvgIpc) is 2.93. The van der Waals surface area contributed by atoms with Crippen LogP contribution in [0.3, 0.4) is 0 Å². The zero-order valence-electron chi connectivity index (χ0n) is 24.0. The highest BCUT2D eigenvalue weighted by Crippen LogP contribution is 2.58. The van der Waals surface area contributed by atoms with Gasteiger partial charge in [0.05, 0.1) is 12.8 Å². The maximum atomic E-state index is 6.94. The molecule has 0 bridgehead atoms. The van der Waals surface area contributed by atoms with Gasteiger partial charge in [-0.25, -0.2) is 0 Å². The summed E-state index contributed by atoms with van der Waals surface area (Å²) in [5.74, 6) is 0. The van der Waals surface area contributed by atoms with Crippen molar-refractivity contribution in [2.75, 3.05) is 0 Å². The molecule has 0 fully saturated rings. The predicted octanol–water partition coefficient (Wildman–Crippen LogP) is 8.87. The SMILES string of the molecule is CC(C)[Si](OCc1ccc([P+](Cc2ccccc2)(c2ccccc2)c2ccccc2)cc1)(C(C)C)C(C)C. The maximum absolute atomic E-state index is 6.94. The number of rotatable bonds is 11. The minimum Gasteiger partial charge on any atom is -0.412 e. The Morgan fingerprint density at radius 2 is 0.895 bits per heavy atom. The number of hydrogen-bond donors (Lipinski definition) is 0. The molecule has 0 atom stereocenters.